The molecule has 2 aromatic rings. The molecule has 0 aromatic heterocycles. The van der Waals surface area contributed by atoms with Gasteiger partial charge in [0.2, 0.25) is 0 Å². The van der Waals surface area contributed by atoms with E-state index in [1.165, 1.54) is 5.56 Å². The summed E-state index contributed by atoms with van der Waals surface area (Å²) in [5.41, 5.74) is 4.75. The molecule has 3 rings (SSSR count). The van der Waals surface area contributed by atoms with Gasteiger partial charge < -0.3 is 10.1 Å². The number of allylic oxidation sites excluding steroid dienone is 1. The van der Waals surface area contributed by atoms with Gasteiger partial charge in [-0.3, -0.25) is 0 Å². The summed E-state index contributed by atoms with van der Waals surface area (Å²) in [6, 6.07) is 16.0. The molecule has 0 saturated carbocycles. The first kappa shape index (κ1) is 17.6. The van der Waals surface area contributed by atoms with Gasteiger partial charge in [0.05, 0.1) is 12.2 Å². The Morgan fingerprint density at radius 1 is 1.20 bits per heavy atom. The number of hydrogen-bond donors (Lipinski definition) is 1. The first-order valence-electron chi connectivity index (χ1n) is 8.60. The third kappa shape index (κ3) is 3.88. The van der Waals surface area contributed by atoms with Crippen molar-refractivity contribution in [1.82, 2.24) is 5.32 Å². The molecular formula is C21H22ClNO2. The number of ether oxygens (including phenoxy) is 1. The van der Waals surface area contributed by atoms with Gasteiger partial charge in [0.25, 0.3) is 0 Å². The molecule has 1 unspecified atom stereocenters. The van der Waals surface area contributed by atoms with Crippen molar-refractivity contribution in [2.75, 3.05) is 6.61 Å². The van der Waals surface area contributed by atoms with Gasteiger partial charge in [0.1, 0.15) is 0 Å². The third-order valence-corrected chi connectivity index (χ3v) is 4.69. The minimum absolute atomic E-state index is 0.106. The second-order valence-corrected chi connectivity index (χ2v) is 6.59. The van der Waals surface area contributed by atoms with Crippen molar-refractivity contribution in [1.29, 1.82) is 0 Å². The molecule has 1 atom stereocenters. The van der Waals surface area contributed by atoms with E-state index in [9.17, 15) is 4.79 Å². The monoisotopic (exact) mass is 355 g/mol. The van der Waals surface area contributed by atoms with Crippen molar-refractivity contribution in [2.45, 2.75) is 32.7 Å². The molecule has 1 aliphatic rings. The average molecular weight is 356 g/mol. The number of esters is 1. The zero-order chi connectivity index (χ0) is 17.8. The molecule has 2 aromatic carbocycles. The molecule has 0 bridgehead atoms. The Morgan fingerprint density at radius 3 is 2.68 bits per heavy atom. The minimum atomic E-state index is -0.284. The average Bonchev–Trinajstić information content (AvgIpc) is 2.62. The Labute approximate surface area is 153 Å². The quantitative estimate of drug-likeness (QED) is 0.774. The molecule has 0 saturated heterocycles. The van der Waals surface area contributed by atoms with Crippen LogP contribution in [0, 0.1) is 0 Å². The zero-order valence-corrected chi connectivity index (χ0v) is 15.3. The van der Waals surface area contributed by atoms with Crippen LogP contribution in [0.15, 0.2) is 54.2 Å². The van der Waals surface area contributed by atoms with Crippen molar-refractivity contribution < 1.29 is 9.53 Å². The highest BCUT2D eigenvalue weighted by Gasteiger charge is 2.26. The number of hydrogen-bond acceptors (Lipinski definition) is 3. The molecule has 0 heterocycles. The molecule has 0 radical (unpaired) electrons. The van der Waals surface area contributed by atoms with Gasteiger partial charge in [-0.2, -0.15) is 0 Å². The number of nitrogens with one attached hydrogen (secondary N) is 1. The third-order valence-electron chi connectivity index (χ3n) is 4.45. The van der Waals surface area contributed by atoms with E-state index >= 15 is 0 Å². The largest absolute Gasteiger partial charge is 0.462 e. The van der Waals surface area contributed by atoms with Crippen LogP contribution in [-0.2, 0) is 16.0 Å². The predicted molar refractivity (Wildman–Crippen MR) is 101 cm³/mol. The standard InChI is InChI=1S/C21H22ClNO2/c1-3-25-21(24)20-18-11-10-17(22)13-16(18)9-12-19(20)23-14(2)15-7-5-4-6-8-15/h4-8,10-11,13-14,23H,3,9,12H2,1-2H3. The number of carbonyl (C=O) groups is 1. The molecule has 0 spiro atoms. The lowest BCUT2D eigenvalue weighted by molar-refractivity contribution is -0.136. The summed E-state index contributed by atoms with van der Waals surface area (Å²) in [4.78, 5) is 12.6. The van der Waals surface area contributed by atoms with Crippen LogP contribution in [0.25, 0.3) is 5.57 Å². The number of rotatable bonds is 5. The Morgan fingerprint density at radius 2 is 1.96 bits per heavy atom. The topological polar surface area (TPSA) is 38.3 Å². The fourth-order valence-corrected chi connectivity index (χ4v) is 3.42. The van der Waals surface area contributed by atoms with E-state index in [0.29, 0.717) is 17.2 Å². The van der Waals surface area contributed by atoms with Crippen LogP contribution in [0.2, 0.25) is 5.02 Å². The number of halogens is 1. The van der Waals surface area contributed by atoms with E-state index in [0.717, 1.165) is 29.7 Å². The van der Waals surface area contributed by atoms with Gasteiger partial charge in [0.15, 0.2) is 0 Å². The van der Waals surface area contributed by atoms with E-state index in [2.05, 4.69) is 24.4 Å². The van der Waals surface area contributed by atoms with Gasteiger partial charge >= 0.3 is 5.97 Å². The molecule has 130 valence electrons. The molecule has 25 heavy (non-hydrogen) atoms. The highest BCUT2D eigenvalue weighted by Crippen LogP contribution is 2.34. The van der Waals surface area contributed by atoms with E-state index in [4.69, 9.17) is 16.3 Å². The Hall–Kier alpha value is -2.26. The first-order valence-corrected chi connectivity index (χ1v) is 8.98. The smallest absolute Gasteiger partial charge is 0.340 e. The maximum Gasteiger partial charge on any atom is 0.340 e. The van der Waals surface area contributed by atoms with Crippen LogP contribution in [0.3, 0.4) is 0 Å². The van der Waals surface area contributed by atoms with Gasteiger partial charge in [-0.1, -0.05) is 48.0 Å². The molecule has 1 aliphatic carbocycles. The van der Waals surface area contributed by atoms with Crippen LogP contribution in [0.4, 0.5) is 0 Å². The van der Waals surface area contributed by atoms with Crippen LogP contribution < -0.4 is 5.32 Å². The first-order chi connectivity index (χ1) is 12.1. The van der Waals surface area contributed by atoms with Gasteiger partial charge in [-0.05, 0) is 55.5 Å². The van der Waals surface area contributed by atoms with Gasteiger partial charge in [-0.25, -0.2) is 4.79 Å². The van der Waals surface area contributed by atoms with Crippen molar-refractivity contribution in [3.8, 4) is 0 Å². The van der Waals surface area contributed by atoms with Gasteiger partial charge in [-0.15, -0.1) is 0 Å². The molecule has 0 aliphatic heterocycles. The molecular weight excluding hydrogens is 334 g/mol. The molecule has 3 nitrogen and oxygen atoms in total. The maximum atomic E-state index is 12.6. The summed E-state index contributed by atoms with van der Waals surface area (Å²) in [6.07, 6.45) is 1.61. The van der Waals surface area contributed by atoms with E-state index < -0.39 is 0 Å². The van der Waals surface area contributed by atoms with E-state index in [1.807, 2.05) is 43.3 Å². The number of fused-ring (bicyclic) bond motifs is 1. The van der Waals surface area contributed by atoms with Crippen molar-refractivity contribution in [2.24, 2.45) is 0 Å². The normalized spacial score (nSPS) is 14.7. The maximum absolute atomic E-state index is 12.6. The van der Waals surface area contributed by atoms with Gasteiger partial charge in [0, 0.05) is 16.8 Å². The van der Waals surface area contributed by atoms with Crippen LogP contribution in [0.5, 0.6) is 0 Å². The van der Waals surface area contributed by atoms with Crippen LogP contribution >= 0.6 is 11.6 Å². The van der Waals surface area contributed by atoms with E-state index in [1.54, 1.807) is 0 Å². The molecule has 4 heteroatoms. The van der Waals surface area contributed by atoms with Crippen LogP contribution in [0.1, 0.15) is 43.0 Å². The predicted octanol–water partition coefficient (Wildman–Crippen LogP) is 4.91. The highest BCUT2D eigenvalue weighted by atomic mass is 35.5. The van der Waals surface area contributed by atoms with Crippen molar-refractivity contribution in [3.63, 3.8) is 0 Å². The second-order valence-electron chi connectivity index (χ2n) is 6.15. The summed E-state index contributed by atoms with van der Waals surface area (Å²) in [7, 11) is 0. The fraction of sp³-hybridized carbons (Fsp3) is 0.286. The van der Waals surface area contributed by atoms with Crippen molar-refractivity contribution in [3.05, 3.63) is 75.9 Å². The number of carbonyl (C=O) groups excluding carboxylic acids is 1. The Kier molecular flexibility index (Phi) is 5.44. The summed E-state index contributed by atoms with van der Waals surface area (Å²) in [5, 5.41) is 4.22. The molecule has 0 fully saturated rings. The Balaban J connectivity index is 1.99. The lowest BCUT2D eigenvalue weighted by atomic mass is 9.88. The number of benzene rings is 2. The van der Waals surface area contributed by atoms with E-state index in [-0.39, 0.29) is 12.0 Å². The SMILES string of the molecule is CCOC(=O)C1=C(NC(C)c2ccccc2)CCc2cc(Cl)ccc21. The van der Waals surface area contributed by atoms with Crippen molar-refractivity contribution >= 4 is 23.1 Å². The van der Waals surface area contributed by atoms with Crippen LogP contribution in [-0.4, -0.2) is 12.6 Å². The lowest BCUT2D eigenvalue weighted by Crippen LogP contribution is -2.25. The fourth-order valence-electron chi connectivity index (χ4n) is 3.23. The summed E-state index contributed by atoms with van der Waals surface area (Å²) in [6.45, 7) is 4.28. The summed E-state index contributed by atoms with van der Waals surface area (Å²) < 4.78 is 5.32. The lowest BCUT2D eigenvalue weighted by Gasteiger charge is -2.26. The minimum Gasteiger partial charge on any atom is -0.462 e. The molecule has 1 N–H and O–H groups in total. The number of aryl methyl sites for hydroxylation is 1. The summed E-state index contributed by atoms with van der Waals surface area (Å²) >= 11 is 6.12. The second kappa shape index (κ2) is 7.75. The highest BCUT2D eigenvalue weighted by molar-refractivity contribution is 6.31. The summed E-state index contributed by atoms with van der Waals surface area (Å²) in [5.74, 6) is -0.284. The molecule has 0 amide bonds. The Bertz CT molecular complexity index is 799. The zero-order valence-electron chi connectivity index (χ0n) is 14.5.